The molecule has 3 aromatic carbocycles. The Morgan fingerprint density at radius 2 is 1.07 bits per heavy atom. The summed E-state index contributed by atoms with van der Waals surface area (Å²) in [5.74, 6) is 3.37. The summed E-state index contributed by atoms with van der Waals surface area (Å²) in [6, 6.07) is 25.2. The zero-order chi connectivity index (χ0) is 31.5. The van der Waals surface area contributed by atoms with Crippen molar-refractivity contribution in [2.45, 2.75) is 63.6 Å². The van der Waals surface area contributed by atoms with Crippen molar-refractivity contribution < 1.29 is 37.9 Å². The van der Waals surface area contributed by atoms with Crippen LogP contribution in [0.4, 0.5) is 0 Å². The molecule has 0 aliphatic rings. The predicted octanol–water partition coefficient (Wildman–Crippen LogP) is 5.97. The topological polar surface area (TPSA) is 123 Å². The lowest BCUT2D eigenvalue weighted by molar-refractivity contribution is -0.104. The van der Waals surface area contributed by atoms with Gasteiger partial charge in [-0.25, -0.2) is 20.3 Å². The van der Waals surface area contributed by atoms with Crippen molar-refractivity contribution in [3.8, 4) is 0 Å². The molecular formula is C33H41NO8Si. The zero-order valence-electron chi connectivity index (χ0n) is 25.4. The lowest BCUT2D eigenvalue weighted by atomic mass is 10.0. The first-order valence-electron chi connectivity index (χ1n) is 14.2. The molecule has 0 bridgehead atoms. The van der Waals surface area contributed by atoms with Crippen molar-refractivity contribution in [2.24, 2.45) is 5.90 Å². The normalized spacial score (nSPS) is 13.8. The van der Waals surface area contributed by atoms with E-state index in [9.17, 15) is 14.4 Å². The SMILES string of the molecule is CC(C)(C)[Si](C)(C)OC[C@@H](OC(=O)c1ccccc1)[C@@H](OC(=O)c1ccccc1)[C@@H](CCON)OC(=O)c1ccccc1. The van der Waals surface area contributed by atoms with E-state index in [1.165, 1.54) is 0 Å². The molecule has 0 aromatic heterocycles. The van der Waals surface area contributed by atoms with Gasteiger partial charge >= 0.3 is 17.9 Å². The number of rotatable bonds is 14. The Kier molecular flexibility index (Phi) is 12.2. The van der Waals surface area contributed by atoms with E-state index in [0.29, 0.717) is 11.1 Å². The molecule has 0 radical (unpaired) electrons. The summed E-state index contributed by atoms with van der Waals surface area (Å²) in [6.07, 6.45) is -3.49. The highest BCUT2D eigenvalue weighted by molar-refractivity contribution is 6.74. The lowest BCUT2D eigenvalue weighted by Gasteiger charge is -2.39. The number of benzene rings is 3. The summed E-state index contributed by atoms with van der Waals surface area (Å²) < 4.78 is 24.4. The Morgan fingerprint density at radius 1 is 0.674 bits per heavy atom. The molecule has 0 saturated heterocycles. The molecule has 3 rings (SSSR count). The van der Waals surface area contributed by atoms with Gasteiger partial charge in [-0.05, 0) is 54.5 Å². The molecule has 0 unspecified atom stereocenters. The summed E-state index contributed by atoms with van der Waals surface area (Å²) in [5.41, 5.74) is 0.870. The smallest absolute Gasteiger partial charge is 0.338 e. The number of carbonyl (C=O) groups is 3. The van der Waals surface area contributed by atoms with Crippen LogP contribution < -0.4 is 5.90 Å². The molecule has 0 spiro atoms. The van der Waals surface area contributed by atoms with Gasteiger partial charge in [0.15, 0.2) is 20.5 Å². The van der Waals surface area contributed by atoms with Gasteiger partial charge in [0.1, 0.15) is 6.10 Å². The van der Waals surface area contributed by atoms with Crippen LogP contribution in [0.5, 0.6) is 0 Å². The van der Waals surface area contributed by atoms with Crippen LogP contribution in [0.15, 0.2) is 91.0 Å². The van der Waals surface area contributed by atoms with Crippen LogP contribution in [0.2, 0.25) is 18.1 Å². The lowest BCUT2D eigenvalue weighted by Crippen LogP contribution is -2.51. The minimum Gasteiger partial charge on any atom is -0.455 e. The van der Waals surface area contributed by atoms with Gasteiger partial charge in [-0.3, -0.25) is 0 Å². The Hall–Kier alpha value is -3.83. The first-order chi connectivity index (χ1) is 20.4. The van der Waals surface area contributed by atoms with Crippen LogP contribution in [-0.2, 0) is 23.5 Å². The standard InChI is InChI=1S/C33H41NO8Si/c1-33(2,3)43(4,5)39-23-28(41-31(36)25-17-11-7-12-18-25)29(42-32(37)26-19-13-8-14-20-26)27(21-22-38-34)40-30(35)24-15-9-6-10-16-24/h6-20,27-29H,21-23,34H2,1-5H3/t27-,28-,29+/m1/s1. The van der Waals surface area contributed by atoms with Crippen LogP contribution in [-0.4, -0.2) is 57.8 Å². The molecule has 0 amide bonds. The summed E-state index contributed by atoms with van der Waals surface area (Å²) in [5, 5.41) is -0.163. The molecule has 0 aliphatic carbocycles. The van der Waals surface area contributed by atoms with Crippen LogP contribution in [0.1, 0.15) is 58.3 Å². The van der Waals surface area contributed by atoms with Gasteiger partial charge in [0.25, 0.3) is 0 Å². The van der Waals surface area contributed by atoms with Crippen LogP contribution in [0, 0.1) is 0 Å². The second kappa shape index (κ2) is 15.6. The van der Waals surface area contributed by atoms with E-state index in [1.807, 2.05) is 0 Å². The maximum Gasteiger partial charge on any atom is 0.338 e. The van der Waals surface area contributed by atoms with Gasteiger partial charge in [-0.1, -0.05) is 75.4 Å². The first-order valence-corrected chi connectivity index (χ1v) is 17.1. The Bertz CT molecular complexity index is 1310. The maximum absolute atomic E-state index is 13.4. The molecule has 0 aliphatic heterocycles. The van der Waals surface area contributed by atoms with Crippen molar-refractivity contribution in [3.63, 3.8) is 0 Å². The largest absolute Gasteiger partial charge is 0.455 e. The highest BCUT2D eigenvalue weighted by Gasteiger charge is 2.43. The average molecular weight is 608 g/mol. The fraction of sp³-hybridized carbons (Fsp3) is 0.364. The molecule has 9 nitrogen and oxygen atoms in total. The number of hydrogen-bond acceptors (Lipinski definition) is 9. The quantitative estimate of drug-likeness (QED) is 0.102. The Morgan fingerprint density at radius 3 is 1.47 bits per heavy atom. The first kappa shape index (κ1) is 33.7. The highest BCUT2D eigenvalue weighted by atomic mass is 28.4. The van der Waals surface area contributed by atoms with E-state index in [1.54, 1.807) is 91.0 Å². The molecule has 3 atom stereocenters. The zero-order valence-corrected chi connectivity index (χ0v) is 26.4. The van der Waals surface area contributed by atoms with E-state index < -0.39 is 44.5 Å². The van der Waals surface area contributed by atoms with Crippen LogP contribution >= 0.6 is 0 Å². The number of hydrogen-bond donors (Lipinski definition) is 1. The Balaban J connectivity index is 2.05. The molecular weight excluding hydrogens is 566 g/mol. The van der Waals surface area contributed by atoms with Gasteiger partial charge in [-0.2, -0.15) is 0 Å². The van der Waals surface area contributed by atoms with Crippen molar-refractivity contribution >= 4 is 26.2 Å². The number of carbonyl (C=O) groups excluding carboxylic acids is 3. The van der Waals surface area contributed by atoms with E-state index >= 15 is 0 Å². The van der Waals surface area contributed by atoms with E-state index in [-0.39, 0.29) is 30.2 Å². The third kappa shape index (κ3) is 9.86. The number of esters is 3. The van der Waals surface area contributed by atoms with Gasteiger partial charge in [0, 0.05) is 6.42 Å². The van der Waals surface area contributed by atoms with Crippen molar-refractivity contribution in [3.05, 3.63) is 108 Å². The van der Waals surface area contributed by atoms with Crippen molar-refractivity contribution in [2.75, 3.05) is 13.2 Å². The summed E-state index contributed by atoms with van der Waals surface area (Å²) >= 11 is 0. The average Bonchev–Trinajstić information content (AvgIpc) is 3.00. The Labute approximate surface area is 254 Å². The molecule has 0 fully saturated rings. The third-order valence-corrected chi connectivity index (χ3v) is 12.0. The van der Waals surface area contributed by atoms with Crippen LogP contribution in [0.25, 0.3) is 0 Å². The molecule has 230 valence electrons. The van der Waals surface area contributed by atoms with Crippen molar-refractivity contribution in [1.29, 1.82) is 0 Å². The molecule has 10 heteroatoms. The highest BCUT2D eigenvalue weighted by Crippen LogP contribution is 2.37. The number of ether oxygens (including phenoxy) is 3. The molecule has 3 aromatic rings. The predicted molar refractivity (Wildman–Crippen MR) is 165 cm³/mol. The minimum absolute atomic E-state index is 0.0332. The van der Waals surface area contributed by atoms with Crippen LogP contribution in [0.3, 0.4) is 0 Å². The van der Waals surface area contributed by atoms with E-state index in [2.05, 4.69) is 33.9 Å². The molecule has 43 heavy (non-hydrogen) atoms. The summed E-state index contributed by atoms with van der Waals surface area (Å²) in [6.45, 7) is 10.2. The molecule has 0 heterocycles. The summed E-state index contributed by atoms with van der Waals surface area (Å²) in [4.78, 5) is 44.8. The van der Waals surface area contributed by atoms with Gasteiger partial charge < -0.3 is 23.5 Å². The second-order valence-electron chi connectivity index (χ2n) is 11.6. The molecule has 2 N–H and O–H groups in total. The van der Waals surface area contributed by atoms with E-state index in [4.69, 9.17) is 29.4 Å². The fourth-order valence-electron chi connectivity index (χ4n) is 3.89. The van der Waals surface area contributed by atoms with E-state index in [0.717, 1.165) is 0 Å². The monoisotopic (exact) mass is 607 g/mol. The van der Waals surface area contributed by atoms with Gasteiger partial charge in [-0.15, -0.1) is 0 Å². The van der Waals surface area contributed by atoms with Gasteiger partial charge in [0.05, 0.1) is 29.9 Å². The van der Waals surface area contributed by atoms with Crippen molar-refractivity contribution in [1.82, 2.24) is 0 Å². The second-order valence-corrected chi connectivity index (χ2v) is 16.4. The minimum atomic E-state index is -2.38. The molecule has 0 saturated carbocycles. The maximum atomic E-state index is 13.4. The third-order valence-electron chi connectivity index (χ3n) is 7.46. The van der Waals surface area contributed by atoms with Gasteiger partial charge in [0.2, 0.25) is 0 Å². The number of nitrogens with two attached hydrogens (primary N) is 1. The summed E-state index contributed by atoms with van der Waals surface area (Å²) in [7, 11) is -2.38. The fourth-order valence-corrected chi connectivity index (χ4v) is 4.91.